The summed E-state index contributed by atoms with van der Waals surface area (Å²) in [4.78, 5) is 12.2. The number of hydrogen-bond donors (Lipinski definition) is 7. The zero-order chi connectivity index (χ0) is 32.4. The van der Waals surface area contributed by atoms with Crippen molar-refractivity contribution in [1.29, 1.82) is 0 Å². The van der Waals surface area contributed by atoms with Crippen LogP contribution in [0, 0.1) is 5.92 Å². The molecule has 44 heavy (non-hydrogen) atoms. The van der Waals surface area contributed by atoms with Crippen LogP contribution in [-0.4, -0.2) is 123 Å². The van der Waals surface area contributed by atoms with E-state index in [-0.39, 0.29) is 24.1 Å². The van der Waals surface area contributed by atoms with E-state index < -0.39 is 74.6 Å². The lowest BCUT2D eigenvalue weighted by Gasteiger charge is -2.45. The number of ether oxygens (including phenoxy) is 6. The van der Waals surface area contributed by atoms with Gasteiger partial charge in [-0.2, -0.15) is 0 Å². The van der Waals surface area contributed by atoms with Crippen LogP contribution < -0.4 is 9.47 Å². The highest BCUT2D eigenvalue weighted by Gasteiger charge is 2.51. The van der Waals surface area contributed by atoms with Crippen LogP contribution in [0.4, 0.5) is 0 Å². The fraction of sp³-hybridized carbons (Fsp3) is 0.767. The van der Waals surface area contributed by atoms with Crippen LogP contribution in [-0.2, 0) is 30.3 Å². The second-order valence-corrected chi connectivity index (χ2v) is 11.6. The predicted molar refractivity (Wildman–Crippen MR) is 152 cm³/mol. The first-order chi connectivity index (χ1) is 21.0. The predicted octanol–water partition coefficient (Wildman–Crippen LogP) is -0.262. The Bertz CT molecular complexity index is 1000. The van der Waals surface area contributed by atoms with Gasteiger partial charge in [0.1, 0.15) is 55.4 Å². The van der Waals surface area contributed by atoms with Gasteiger partial charge in [0.2, 0.25) is 6.29 Å². The van der Waals surface area contributed by atoms with Gasteiger partial charge in [-0.1, -0.05) is 45.6 Å². The number of esters is 1. The van der Waals surface area contributed by atoms with Crippen molar-refractivity contribution in [3.8, 4) is 11.5 Å². The first-order valence-corrected chi connectivity index (χ1v) is 15.1. The van der Waals surface area contributed by atoms with Crippen molar-refractivity contribution < 1.29 is 69.0 Å². The van der Waals surface area contributed by atoms with Crippen molar-refractivity contribution in [3.05, 3.63) is 23.8 Å². The van der Waals surface area contributed by atoms with E-state index in [1.54, 1.807) is 12.1 Å². The third-order valence-electron chi connectivity index (χ3n) is 7.74. The molecule has 14 heteroatoms. The molecule has 10 unspecified atom stereocenters. The number of methoxy groups -OCH3 is 1. The number of hydrogen-bond acceptors (Lipinski definition) is 14. The zero-order valence-electron chi connectivity index (χ0n) is 25.4. The van der Waals surface area contributed by atoms with Gasteiger partial charge >= 0.3 is 5.97 Å². The van der Waals surface area contributed by atoms with Gasteiger partial charge in [0.25, 0.3) is 0 Å². The summed E-state index contributed by atoms with van der Waals surface area (Å²) < 4.78 is 33.1. The monoisotopic (exact) mass is 632 g/mol. The molecule has 0 amide bonds. The highest BCUT2D eigenvalue weighted by Crippen LogP contribution is 2.34. The molecule has 1 aromatic rings. The van der Waals surface area contributed by atoms with Crippen LogP contribution in [0.1, 0.15) is 57.9 Å². The maximum absolute atomic E-state index is 12.2. The van der Waals surface area contributed by atoms with Gasteiger partial charge in [-0.05, 0) is 30.0 Å². The maximum Gasteiger partial charge on any atom is 0.306 e. The van der Waals surface area contributed by atoms with E-state index in [1.807, 2.05) is 0 Å². The molecule has 2 aliphatic heterocycles. The zero-order valence-corrected chi connectivity index (χ0v) is 25.4. The number of aliphatic hydroxyl groups is 7. The molecular weight excluding hydrogens is 584 g/mol. The fourth-order valence-corrected chi connectivity index (χ4v) is 5.09. The molecule has 2 saturated heterocycles. The summed E-state index contributed by atoms with van der Waals surface area (Å²) in [6, 6.07) is 4.75. The Morgan fingerprint density at radius 2 is 1.48 bits per heavy atom. The largest absolute Gasteiger partial charge is 0.493 e. The second-order valence-electron chi connectivity index (χ2n) is 11.6. The smallest absolute Gasteiger partial charge is 0.306 e. The summed E-state index contributed by atoms with van der Waals surface area (Å²) in [5, 5.41) is 71.3. The van der Waals surface area contributed by atoms with E-state index in [0.717, 1.165) is 25.7 Å². The van der Waals surface area contributed by atoms with Gasteiger partial charge in [-0.25, -0.2) is 0 Å². The SMILES string of the molecule is COc1cc(COC(=O)CCCCCCC(C)C)ccc1OC1OC(CO)C(OC2OC(CO)C(O)C(O)C2O)C(O)C1O. The standard InChI is InChI=1S/C30H48O14/c1-16(2)8-6-4-5-7-9-22(33)40-15-17-10-11-18(19(12-17)39-3)41-29-27(38)25(36)28(21(14-32)43-29)44-30-26(37)24(35)23(34)20(13-31)42-30/h10-12,16,20-21,23-32,34-38H,4-9,13-15H2,1-3H3. The van der Waals surface area contributed by atoms with Crippen LogP contribution in [0.25, 0.3) is 0 Å². The maximum atomic E-state index is 12.2. The van der Waals surface area contributed by atoms with E-state index in [2.05, 4.69) is 13.8 Å². The number of unbranched alkanes of at least 4 members (excludes halogenated alkanes) is 3. The van der Waals surface area contributed by atoms with Gasteiger partial charge in [0, 0.05) is 6.42 Å². The molecule has 0 radical (unpaired) electrons. The van der Waals surface area contributed by atoms with Gasteiger partial charge in [-0.3, -0.25) is 4.79 Å². The molecule has 2 heterocycles. The molecule has 0 saturated carbocycles. The summed E-state index contributed by atoms with van der Waals surface area (Å²) in [6.07, 6.45) is -10.2. The third kappa shape index (κ3) is 9.69. The minimum atomic E-state index is -1.77. The molecule has 1 aromatic carbocycles. The molecule has 252 valence electrons. The minimum absolute atomic E-state index is 0.0215. The summed E-state index contributed by atoms with van der Waals surface area (Å²) >= 11 is 0. The lowest BCUT2D eigenvalue weighted by molar-refractivity contribution is -0.352. The number of carbonyl (C=O) groups excluding carboxylic acids is 1. The Kier molecular flexibility index (Phi) is 14.5. The average molecular weight is 633 g/mol. The van der Waals surface area contributed by atoms with E-state index in [9.17, 15) is 40.5 Å². The van der Waals surface area contributed by atoms with Crippen LogP contribution in [0.3, 0.4) is 0 Å². The van der Waals surface area contributed by atoms with E-state index in [4.69, 9.17) is 28.4 Å². The Hall–Kier alpha value is -2.11. The lowest BCUT2D eigenvalue weighted by Crippen LogP contribution is -2.65. The molecule has 10 atom stereocenters. The van der Waals surface area contributed by atoms with Crippen LogP contribution >= 0.6 is 0 Å². The van der Waals surface area contributed by atoms with Crippen molar-refractivity contribution in [3.63, 3.8) is 0 Å². The summed E-state index contributed by atoms with van der Waals surface area (Å²) in [7, 11) is 1.39. The summed E-state index contributed by atoms with van der Waals surface area (Å²) in [6.45, 7) is 3.01. The Balaban J connectivity index is 1.56. The Labute approximate surface area is 257 Å². The molecule has 0 aromatic heterocycles. The average Bonchev–Trinajstić information content (AvgIpc) is 3.01. The molecular formula is C30H48O14. The molecule has 2 fully saturated rings. The highest BCUT2D eigenvalue weighted by atomic mass is 16.7. The summed E-state index contributed by atoms with van der Waals surface area (Å²) in [5.74, 6) is 0.744. The van der Waals surface area contributed by atoms with Gasteiger partial charge in [-0.15, -0.1) is 0 Å². The Morgan fingerprint density at radius 3 is 2.14 bits per heavy atom. The van der Waals surface area contributed by atoms with E-state index >= 15 is 0 Å². The van der Waals surface area contributed by atoms with Gasteiger partial charge < -0.3 is 64.2 Å². The van der Waals surface area contributed by atoms with Crippen molar-refractivity contribution in [2.75, 3.05) is 20.3 Å². The minimum Gasteiger partial charge on any atom is -0.493 e. The van der Waals surface area contributed by atoms with E-state index in [1.165, 1.54) is 19.6 Å². The molecule has 0 aliphatic carbocycles. The van der Waals surface area contributed by atoms with E-state index in [0.29, 0.717) is 17.9 Å². The Morgan fingerprint density at radius 1 is 0.818 bits per heavy atom. The highest BCUT2D eigenvalue weighted by molar-refractivity contribution is 5.69. The molecule has 3 rings (SSSR count). The van der Waals surface area contributed by atoms with Crippen LogP contribution in [0.2, 0.25) is 0 Å². The topological polar surface area (TPSA) is 214 Å². The van der Waals surface area contributed by atoms with Crippen molar-refractivity contribution in [2.45, 2.75) is 120 Å². The lowest BCUT2D eigenvalue weighted by atomic mass is 9.97. The second kappa shape index (κ2) is 17.5. The molecule has 0 bridgehead atoms. The number of benzene rings is 1. The van der Waals surface area contributed by atoms with Gasteiger partial charge in [0.15, 0.2) is 17.8 Å². The fourth-order valence-electron chi connectivity index (χ4n) is 5.09. The molecule has 7 N–H and O–H groups in total. The summed E-state index contributed by atoms with van der Waals surface area (Å²) in [5.41, 5.74) is 0.630. The van der Waals surface area contributed by atoms with Crippen molar-refractivity contribution in [2.24, 2.45) is 5.92 Å². The van der Waals surface area contributed by atoms with Gasteiger partial charge in [0.05, 0.1) is 20.3 Å². The number of aliphatic hydroxyl groups excluding tert-OH is 7. The van der Waals surface area contributed by atoms with Crippen molar-refractivity contribution in [1.82, 2.24) is 0 Å². The molecule has 2 aliphatic rings. The van der Waals surface area contributed by atoms with Crippen molar-refractivity contribution >= 4 is 5.97 Å². The first kappa shape index (κ1) is 36.4. The quantitative estimate of drug-likeness (QED) is 0.0924. The number of rotatable bonds is 16. The molecule has 14 nitrogen and oxygen atoms in total. The first-order valence-electron chi connectivity index (χ1n) is 15.1. The molecule has 0 spiro atoms. The third-order valence-corrected chi connectivity index (χ3v) is 7.74. The van der Waals surface area contributed by atoms with Crippen LogP contribution in [0.15, 0.2) is 18.2 Å². The number of carbonyl (C=O) groups is 1. The normalized spacial score (nSPS) is 32.4. The van der Waals surface area contributed by atoms with Crippen LogP contribution in [0.5, 0.6) is 11.5 Å².